The van der Waals surface area contributed by atoms with Crippen molar-refractivity contribution in [1.29, 1.82) is 0 Å². The molecular formula is C13H22N3O8P. The van der Waals surface area contributed by atoms with Crippen molar-refractivity contribution in [2.45, 2.75) is 25.4 Å². The molecule has 0 amide bonds. The summed E-state index contributed by atoms with van der Waals surface area (Å²) in [7, 11) is 0.414. The molecule has 2 rings (SSSR count). The smallest absolute Gasteiger partial charge is 0.376 e. The van der Waals surface area contributed by atoms with Crippen LogP contribution in [0.4, 0.5) is 0 Å². The molecule has 2 heterocycles. The highest BCUT2D eigenvalue weighted by molar-refractivity contribution is 7.51. The Morgan fingerprint density at radius 2 is 2.00 bits per heavy atom. The number of aromatic nitrogens is 2. The molecule has 0 unspecified atom stereocenters. The average molecular weight is 379 g/mol. The number of H-pyrrole nitrogens is 1. The quantitative estimate of drug-likeness (QED) is 0.474. The molecule has 142 valence electrons. The van der Waals surface area contributed by atoms with E-state index in [0.29, 0.717) is 0 Å². The second-order valence-electron chi connectivity index (χ2n) is 5.41. The van der Waals surface area contributed by atoms with Crippen LogP contribution < -0.4 is 16.5 Å². The van der Waals surface area contributed by atoms with Gasteiger partial charge in [0.1, 0.15) is 6.10 Å². The second-order valence-corrected chi connectivity index (χ2v) is 7.31. The summed E-state index contributed by atoms with van der Waals surface area (Å²) in [4.78, 5) is 30.5. The van der Waals surface area contributed by atoms with Gasteiger partial charge in [0.15, 0.2) is 6.23 Å². The molecule has 0 bridgehead atoms. The average Bonchev–Trinajstić information content (AvgIpc) is 2.90. The summed E-state index contributed by atoms with van der Waals surface area (Å²) in [5.41, 5.74) is -1.10. The lowest BCUT2D eigenvalue weighted by atomic mass is 10.0. The first-order valence-corrected chi connectivity index (χ1v) is 8.99. The Morgan fingerprint density at radius 1 is 1.32 bits per heavy atom. The number of methoxy groups -OCH3 is 1. The summed E-state index contributed by atoms with van der Waals surface area (Å²) in [6, 6.07) is 1.22. The number of aromatic amines is 1. The second kappa shape index (κ2) is 8.37. The molecule has 1 fully saturated rings. The molecule has 4 atom stereocenters. The van der Waals surface area contributed by atoms with Gasteiger partial charge in [-0.1, -0.05) is 6.92 Å². The Labute approximate surface area is 143 Å². The van der Waals surface area contributed by atoms with E-state index < -0.39 is 37.4 Å². The third-order valence-electron chi connectivity index (χ3n) is 4.00. The van der Waals surface area contributed by atoms with Gasteiger partial charge < -0.3 is 9.47 Å². The summed E-state index contributed by atoms with van der Waals surface area (Å²) in [6.07, 6.45) is -0.317. The minimum atomic E-state index is -3.52. The molecule has 1 aliphatic heterocycles. The number of nitrogens with one attached hydrogen (secondary N) is 2. The van der Waals surface area contributed by atoms with Gasteiger partial charge in [0.25, 0.3) is 5.56 Å². The zero-order valence-electron chi connectivity index (χ0n) is 14.3. The van der Waals surface area contributed by atoms with Gasteiger partial charge in [0.2, 0.25) is 0 Å². The van der Waals surface area contributed by atoms with Crippen LogP contribution in [0.1, 0.15) is 13.2 Å². The molecule has 0 aliphatic carbocycles. The van der Waals surface area contributed by atoms with Crippen molar-refractivity contribution in [3.63, 3.8) is 0 Å². The Morgan fingerprint density at radius 3 is 2.56 bits per heavy atom. The number of nitrogens with zero attached hydrogens (tertiary/aromatic N) is 1. The Balaban J connectivity index is 2.09. The fourth-order valence-electron chi connectivity index (χ4n) is 2.57. The maximum atomic E-state index is 12.0. The highest BCUT2D eigenvalue weighted by atomic mass is 31.2. The third-order valence-corrected chi connectivity index (χ3v) is 5.32. The van der Waals surface area contributed by atoms with Crippen LogP contribution in [0.25, 0.3) is 0 Å². The fraction of sp³-hybridized carbons (Fsp3) is 0.692. The third kappa shape index (κ3) is 4.45. The van der Waals surface area contributed by atoms with E-state index in [1.54, 1.807) is 0 Å². The van der Waals surface area contributed by atoms with Gasteiger partial charge in [0.05, 0.1) is 12.7 Å². The van der Waals surface area contributed by atoms with E-state index in [-0.39, 0.29) is 12.5 Å². The fourth-order valence-corrected chi connectivity index (χ4v) is 3.10. The van der Waals surface area contributed by atoms with Crippen molar-refractivity contribution in [2.24, 2.45) is 5.92 Å². The SMILES string of the molecule is CO[C@@H]1[C@H](C)[C@@H](CONP(=O)(OC)OC)O[C@H]1n1ccc(=O)[nH]c1=O. The monoisotopic (exact) mass is 379 g/mol. The molecule has 25 heavy (non-hydrogen) atoms. The van der Waals surface area contributed by atoms with Crippen molar-refractivity contribution in [3.8, 4) is 0 Å². The van der Waals surface area contributed by atoms with Crippen molar-refractivity contribution in [3.05, 3.63) is 33.1 Å². The molecule has 1 aromatic heterocycles. The standard InChI is InChI=1S/C13H22N3O8P/c1-8-9(7-23-15-25(19,21-3)22-4)24-12(11(8)20-2)16-6-5-10(17)14-13(16)18/h5-6,8-9,11-12H,7H2,1-4H3,(H,15,19)(H,14,17,18)/t8-,9-,11-,12-/m1/s1. The van der Waals surface area contributed by atoms with E-state index >= 15 is 0 Å². The van der Waals surface area contributed by atoms with E-state index in [2.05, 4.69) is 10.2 Å². The van der Waals surface area contributed by atoms with Crippen molar-refractivity contribution in [2.75, 3.05) is 27.9 Å². The van der Waals surface area contributed by atoms with E-state index in [1.807, 2.05) is 6.92 Å². The highest BCUT2D eigenvalue weighted by Crippen LogP contribution is 2.41. The van der Waals surface area contributed by atoms with E-state index in [4.69, 9.17) is 23.4 Å². The van der Waals surface area contributed by atoms with Gasteiger partial charge in [-0.05, 0) is 0 Å². The van der Waals surface area contributed by atoms with Crippen LogP contribution in [0.15, 0.2) is 21.9 Å². The van der Waals surface area contributed by atoms with Crippen LogP contribution in [-0.4, -0.2) is 49.7 Å². The summed E-state index contributed by atoms with van der Waals surface area (Å²) in [5, 5.41) is 2.22. The minimum absolute atomic E-state index is 0.00629. The van der Waals surface area contributed by atoms with E-state index in [9.17, 15) is 14.2 Å². The molecule has 12 heteroatoms. The van der Waals surface area contributed by atoms with Crippen LogP contribution >= 0.6 is 7.75 Å². The van der Waals surface area contributed by atoms with Crippen LogP contribution in [0, 0.1) is 5.92 Å². The van der Waals surface area contributed by atoms with Gasteiger partial charge in [-0.25, -0.2) is 9.36 Å². The minimum Gasteiger partial charge on any atom is -0.376 e. The Hall–Kier alpha value is -1.33. The number of hydrogen-bond donors (Lipinski definition) is 2. The lowest BCUT2D eigenvalue weighted by Crippen LogP contribution is -2.36. The maximum Gasteiger partial charge on any atom is 0.428 e. The molecule has 1 saturated heterocycles. The summed E-state index contributed by atoms with van der Waals surface area (Å²) >= 11 is 0. The van der Waals surface area contributed by atoms with Gasteiger partial charge in [-0.2, -0.15) is 0 Å². The van der Waals surface area contributed by atoms with Gasteiger partial charge in [-0.3, -0.25) is 28.2 Å². The first-order valence-electron chi connectivity index (χ1n) is 7.45. The largest absolute Gasteiger partial charge is 0.428 e. The molecule has 2 N–H and O–H groups in total. The van der Waals surface area contributed by atoms with Gasteiger partial charge >= 0.3 is 13.4 Å². The van der Waals surface area contributed by atoms with Crippen LogP contribution in [0.5, 0.6) is 0 Å². The van der Waals surface area contributed by atoms with Crippen molar-refractivity contribution >= 4 is 7.75 Å². The molecular weight excluding hydrogens is 357 g/mol. The van der Waals surface area contributed by atoms with Crippen molar-refractivity contribution < 1.29 is 27.9 Å². The zero-order valence-corrected chi connectivity index (χ0v) is 15.2. The summed E-state index contributed by atoms with van der Waals surface area (Å²) in [5.74, 6) is -0.153. The lowest BCUT2D eigenvalue weighted by Gasteiger charge is -2.20. The highest BCUT2D eigenvalue weighted by Gasteiger charge is 2.44. The predicted molar refractivity (Wildman–Crippen MR) is 85.9 cm³/mol. The lowest BCUT2D eigenvalue weighted by molar-refractivity contribution is -0.0793. The maximum absolute atomic E-state index is 12.0. The van der Waals surface area contributed by atoms with Crippen LogP contribution in [0.2, 0.25) is 0 Å². The van der Waals surface area contributed by atoms with Crippen molar-refractivity contribution in [1.82, 2.24) is 14.8 Å². The van der Waals surface area contributed by atoms with Crippen LogP contribution in [-0.2, 0) is 27.9 Å². The zero-order chi connectivity index (χ0) is 18.6. The van der Waals surface area contributed by atoms with E-state index in [1.165, 1.54) is 38.2 Å². The number of ether oxygens (including phenoxy) is 2. The topological polar surface area (TPSA) is 130 Å². The molecule has 0 saturated carbocycles. The first kappa shape index (κ1) is 20.0. The summed E-state index contributed by atoms with van der Waals surface area (Å²) in [6.45, 7) is 1.87. The Kier molecular flexibility index (Phi) is 6.69. The molecule has 1 aromatic rings. The molecule has 0 spiro atoms. The molecule has 1 aliphatic rings. The van der Waals surface area contributed by atoms with Crippen LogP contribution in [0.3, 0.4) is 0 Å². The van der Waals surface area contributed by atoms with E-state index in [0.717, 1.165) is 0 Å². The van der Waals surface area contributed by atoms with Gasteiger partial charge in [-0.15, -0.1) is 5.25 Å². The molecule has 0 aromatic carbocycles. The number of hydrogen-bond acceptors (Lipinski definition) is 8. The Bertz CT molecular complexity index is 726. The molecule has 0 radical (unpaired) electrons. The normalized spacial score (nSPS) is 26.9. The predicted octanol–water partition coefficient (Wildman–Crippen LogP) is 0.00720. The molecule has 11 nitrogen and oxygen atoms in total. The first-order chi connectivity index (χ1) is 11.8. The van der Waals surface area contributed by atoms with Gasteiger partial charge in [0, 0.05) is 39.5 Å². The summed E-state index contributed by atoms with van der Waals surface area (Å²) < 4.78 is 33.8. The number of rotatable bonds is 8.